The summed E-state index contributed by atoms with van der Waals surface area (Å²) in [5.41, 5.74) is 0. The second-order valence-electron chi connectivity index (χ2n) is 5.08. The summed E-state index contributed by atoms with van der Waals surface area (Å²) in [5, 5.41) is 5.88. The molecule has 1 atom stereocenters. The van der Waals surface area contributed by atoms with Crippen LogP contribution in [0.5, 0.6) is 0 Å². The lowest BCUT2D eigenvalue weighted by atomic mass is 10.1. The lowest BCUT2D eigenvalue weighted by molar-refractivity contribution is 0.282. The molecule has 2 rings (SSSR count). The molecule has 102 valence electrons. The molecular weight excluding hydrogens is 308 g/mol. The van der Waals surface area contributed by atoms with Gasteiger partial charge < -0.3 is 10.2 Å². The van der Waals surface area contributed by atoms with Gasteiger partial charge in [-0.1, -0.05) is 6.92 Å². The van der Waals surface area contributed by atoms with Crippen molar-refractivity contribution in [1.82, 2.24) is 10.2 Å². The Morgan fingerprint density at radius 3 is 3.06 bits per heavy atom. The molecule has 1 fully saturated rings. The normalized spacial score (nSPS) is 22.0. The SMILES string of the molecule is CCCN1CCCC(NCc2cc(Br)cs2)CC1. The molecule has 0 saturated carbocycles. The maximum atomic E-state index is 3.72. The van der Waals surface area contributed by atoms with E-state index in [1.807, 2.05) is 11.3 Å². The van der Waals surface area contributed by atoms with Gasteiger partial charge >= 0.3 is 0 Å². The molecule has 0 aliphatic carbocycles. The Kier molecular flexibility index (Phi) is 6.15. The first-order chi connectivity index (χ1) is 8.78. The molecule has 1 saturated heterocycles. The summed E-state index contributed by atoms with van der Waals surface area (Å²) in [6, 6.07) is 2.92. The molecule has 0 amide bonds. The van der Waals surface area contributed by atoms with Crippen molar-refractivity contribution in [2.45, 2.75) is 45.2 Å². The third-order valence-electron chi connectivity index (χ3n) is 3.55. The van der Waals surface area contributed by atoms with E-state index in [1.165, 1.54) is 54.7 Å². The highest BCUT2D eigenvalue weighted by atomic mass is 79.9. The largest absolute Gasteiger partial charge is 0.309 e. The first-order valence-electron chi connectivity index (χ1n) is 6.96. The second kappa shape index (κ2) is 7.63. The van der Waals surface area contributed by atoms with Crippen molar-refractivity contribution >= 4 is 27.3 Å². The number of nitrogens with zero attached hydrogens (tertiary/aromatic N) is 1. The molecule has 1 aromatic heterocycles. The minimum atomic E-state index is 0.702. The number of rotatable bonds is 5. The van der Waals surface area contributed by atoms with Crippen molar-refractivity contribution in [2.75, 3.05) is 19.6 Å². The predicted octanol–water partition coefficient (Wildman–Crippen LogP) is 3.86. The van der Waals surface area contributed by atoms with E-state index in [0.29, 0.717) is 6.04 Å². The van der Waals surface area contributed by atoms with E-state index in [0.717, 1.165) is 6.54 Å². The number of nitrogens with one attached hydrogen (secondary N) is 1. The third-order valence-corrected chi connectivity index (χ3v) is 5.24. The minimum absolute atomic E-state index is 0.702. The van der Waals surface area contributed by atoms with Crippen LogP contribution in [0.25, 0.3) is 0 Å². The van der Waals surface area contributed by atoms with Crippen molar-refractivity contribution in [3.8, 4) is 0 Å². The van der Waals surface area contributed by atoms with Gasteiger partial charge in [-0.2, -0.15) is 0 Å². The van der Waals surface area contributed by atoms with Gasteiger partial charge in [0.2, 0.25) is 0 Å². The molecule has 1 unspecified atom stereocenters. The van der Waals surface area contributed by atoms with E-state index < -0.39 is 0 Å². The molecular formula is C14H23BrN2S. The van der Waals surface area contributed by atoms with Gasteiger partial charge in [0.25, 0.3) is 0 Å². The summed E-state index contributed by atoms with van der Waals surface area (Å²) >= 11 is 5.34. The van der Waals surface area contributed by atoms with Crippen LogP contribution in [0.2, 0.25) is 0 Å². The van der Waals surface area contributed by atoms with Crippen molar-refractivity contribution < 1.29 is 0 Å². The first-order valence-corrected chi connectivity index (χ1v) is 8.64. The van der Waals surface area contributed by atoms with Gasteiger partial charge in [-0.15, -0.1) is 11.3 Å². The summed E-state index contributed by atoms with van der Waals surface area (Å²) < 4.78 is 1.21. The fourth-order valence-electron chi connectivity index (χ4n) is 2.59. The van der Waals surface area contributed by atoms with Gasteiger partial charge in [-0.05, 0) is 67.3 Å². The fraction of sp³-hybridized carbons (Fsp3) is 0.714. The van der Waals surface area contributed by atoms with Gasteiger partial charge in [0.05, 0.1) is 0 Å². The van der Waals surface area contributed by atoms with E-state index in [2.05, 4.69) is 44.5 Å². The van der Waals surface area contributed by atoms with Crippen LogP contribution in [0.4, 0.5) is 0 Å². The van der Waals surface area contributed by atoms with E-state index in [-0.39, 0.29) is 0 Å². The average Bonchev–Trinajstić information content (AvgIpc) is 2.64. The zero-order chi connectivity index (χ0) is 12.8. The quantitative estimate of drug-likeness (QED) is 0.881. The van der Waals surface area contributed by atoms with Gasteiger partial charge in [0, 0.05) is 27.3 Å². The Bertz CT molecular complexity index is 353. The Hall–Kier alpha value is 0.1000. The summed E-state index contributed by atoms with van der Waals surface area (Å²) in [6.07, 6.45) is 5.24. The van der Waals surface area contributed by atoms with Crippen molar-refractivity contribution in [3.63, 3.8) is 0 Å². The zero-order valence-corrected chi connectivity index (χ0v) is 13.5. The van der Waals surface area contributed by atoms with Crippen LogP contribution >= 0.6 is 27.3 Å². The Morgan fingerprint density at radius 2 is 2.33 bits per heavy atom. The van der Waals surface area contributed by atoms with E-state index >= 15 is 0 Å². The fourth-order valence-corrected chi connectivity index (χ4v) is 3.99. The van der Waals surface area contributed by atoms with Gasteiger partial charge in [-0.3, -0.25) is 0 Å². The van der Waals surface area contributed by atoms with Crippen LogP contribution in [0.1, 0.15) is 37.5 Å². The molecule has 0 aromatic carbocycles. The number of likely N-dealkylation sites (tertiary alicyclic amines) is 1. The minimum Gasteiger partial charge on any atom is -0.309 e. The maximum Gasteiger partial charge on any atom is 0.0302 e. The third kappa shape index (κ3) is 4.65. The van der Waals surface area contributed by atoms with Crippen LogP contribution in [0.15, 0.2) is 15.9 Å². The van der Waals surface area contributed by atoms with Gasteiger partial charge in [-0.25, -0.2) is 0 Å². The number of thiophene rings is 1. The number of hydrogen-bond acceptors (Lipinski definition) is 3. The standard InChI is InChI=1S/C14H23BrN2S/c1-2-6-17-7-3-4-13(5-8-17)16-10-14-9-12(15)11-18-14/h9,11,13,16H,2-8,10H2,1H3. The highest BCUT2D eigenvalue weighted by molar-refractivity contribution is 9.10. The molecule has 18 heavy (non-hydrogen) atoms. The van der Waals surface area contributed by atoms with Crippen LogP contribution in [-0.4, -0.2) is 30.6 Å². The van der Waals surface area contributed by atoms with Gasteiger partial charge in [0.1, 0.15) is 0 Å². The smallest absolute Gasteiger partial charge is 0.0302 e. The molecule has 0 bridgehead atoms. The van der Waals surface area contributed by atoms with Crippen molar-refractivity contribution in [1.29, 1.82) is 0 Å². The molecule has 1 aliphatic heterocycles. The van der Waals surface area contributed by atoms with Crippen LogP contribution in [0, 0.1) is 0 Å². The highest BCUT2D eigenvalue weighted by Crippen LogP contribution is 2.20. The summed E-state index contributed by atoms with van der Waals surface area (Å²) in [5.74, 6) is 0. The van der Waals surface area contributed by atoms with Crippen LogP contribution in [0.3, 0.4) is 0 Å². The lowest BCUT2D eigenvalue weighted by Gasteiger charge is -2.19. The summed E-state index contributed by atoms with van der Waals surface area (Å²) in [6.45, 7) is 7.12. The Balaban J connectivity index is 1.73. The average molecular weight is 331 g/mol. The lowest BCUT2D eigenvalue weighted by Crippen LogP contribution is -2.30. The second-order valence-corrected chi connectivity index (χ2v) is 6.99. The van der Waals surface area contributed by atoms with E-state index in [9.17, 15) is 0 Å². The zero-order valence-electron chi connectivity index (χ0n) is 11.1. The molecule has 1 N–H and O–H groups in total. The predicted molar refractivity (Wildman–Crippen MR) is 83.2 cm³/mol. The van der Waals surface area contributed by atoms with Crippen LogP contribution < -0.4 is 5.32 Å². The topological polar surface area (TPSA) is 15.3 Å². The maximum absolute atomic E-state index is 3.72. The van der Waals surface area contributed by atoms with E-state index in [4.69, 9.17) is 0 Å². The number of halogens is 1. The monoisotopic (exact) mass is 330 g/mol. The van der Waals surface area contributed by atoms with Crippen molar-refractivity contribution in [2.24, 2.45) is 0 Å². The summed E-state index contributed by atoms with van der Waals surface area (Å²) in [7, 11) is 0. The molecule has 1 aliphatic rings. The molecule has 1 aromatic rings. The number of hydrogen-bond donors (Lipinski definition) is 1. The first kappa shape index (κ1) is 14.5. The Morgan fingerprint density at radius 1 is 1.44 bits per heavy atom. The summed E-state index contributed by atoms with van der Waals surface area (Å²) in [4.78, 5) is 4.04. The van der Waals surface area contributed by atoms with E-state index in [1.54, 1.807) is 0 Å². The molecule has 0 radical (unpaired) electrons. The Labute approximate surface area is 123 Å². The highest BCUT2D eigenvalue weighted by Gasteiger charge is 2.15. The molecule has 2 heterocycles. The molecule has 0 spiro atoms. The van der Waals surface area contributed by atoms with Crippen LogP contribution in [-0.2, 0) is 6.54 Å². The molecule has 2 nitrogen and oxygen atoms in total. The van der Waals surface area contributed by atoms with Crippen molar-refractivity contribution in [3.05, 3.63) is 20.8 Å². The van der Waals surface area contributed by atoms with Gasteiger partial charge in [0.15, 0.2) is 0 Å². The molecule has 4 heteroatoms.